The molecule has 0 aromatic rings. The minimum atomic E-state index is -0.383. The molecule has 4 aliphatic rings. The van der Waals surface area contributed by atoms with E-state index in [9.17, 15) is 9.59 Å². The molecule has 4 fully saturated rings. The predicted molar refractivity (Wildman–Crippen MR) is 75.4 cm³/mol. The Morgan fingerprint density at radius 2 is 1.14 bits per heavy atom. The van der Waals surface area contributed by atoms with Crippen LogP contribution in [0, 0.1) is 11.8 Å². The van der Waals surface area contributed by atoms with Gasteiger partial charge in [-0.15, -0.1) is 0 Å². The average molecular weight is 292 g/mol. The number of hydrogen-bond donors (Lipinski definition) is 0. The Labute approximate surface area is 125 Å². The van der Waals surface area contributed by atoms with Crippen LogP contribution in [0.1, 0.15) is 70.6 Å². The van der Waals surface area contributed by atoms with Crippen molar-refractivity contribution in [2.75, 3.05) is 0 Å². The van der Waals surface area contributed by atoms with Crippen LogP contribution in [-0.4, -0.2) is 23.1 Å². The molecule has 4 bridgehead atoms. The van der Waals surface area contributed by atoms with Crippen molar-refractivity contribution in [2.24, 2.45) is 11.8 Å². The molecule has 0 aromatic heterocycles. The van der Waals surface area contributed by atoms with Crippen molar-refractivity contribution in [2.45, 2.75) is 81.8 Å². The van der Waals surface area contributed by atoms with E-state index in [-0.39, 0.29) is 29.6 Å². The minimum Gasteiger partial charge on any atom is -0.459 e. The Balaban J connectivity index is 1.29. The highest BCUT2D eigenvalue weighted by Crippen LogP contribution is 2.51. The summed E-state index contributed by atoms with van der Waals surface area (Å²) >= 11 is 0. The van der Waals surface area contributed by atoms with Crippen LogP contribution in [0.5, 0.6) is 0 Å². The van der Waals surface area contributed by atoms with Gasteiger partial charge in [0.15, 0.2) is 0 Å². The topological polar surface area (TPSA) is 52.6 Å². The van der Waals surface area contributed by atoms with E-state index >= 15 is 0 Å². The average Bonchev–Trinajstić information content (AvgIpc) is 3.16. The maximum atomic E-state index is 12.0. The summed E-state index contributed by atoms with van der Waals surface area (Å²) in [6.45, 7) is 0. The molecule has 0 N–H and O–H groups in total. The number of carbonyl (C=O) groups is 2. The van der Waals surface area contributed by atoms with Crippen molar-refractivity contribution in [1.29, 1.82) is 0 Å². The number of fused-ring (bicyclic) bond motifs is 4. The number of esters is 2. The van der Waals surface area contributed by atoms with Gasteiger partial charge >= 0.3 is 11.9 Å². The van der Waals surface area contributed by atoms with E-state index in [4.69, 9.17) is 9.47 Å². The molecule has 21 heavy (non-hydrogen) atoms. The van der Waals surface area contributed by atoms with Gasteiger partial charge in [-0.25, -0.2) is 0 Å². The predicted octanol–water partition coefficient (Wildman–Crippen LogP) is 3.13. The quantitative estimate of drug-likeness (QED) is 0.590. The van der Waals surface area contributed by atoms with E-state index in [0.29, 0.717) is 0 Å². The number of carbonyl (C=O) groups excluding carboxylic acids is 2. The van der Waals surface area contributed by atoms with Gasteiger partial charge in [0.05, 0.1) is 0 Å². The van der Waals surface area contributed by atoms with Crippen LogP contribution in [0.2, 0.25) is 0 Å². The monoisotopic (exact) mass is 292 g/mol. The van der Waals surface area contributed by atoms with E-state index in [1.54, 1.807) is 0 Å². The van der Waals surface area contributed by atoms with E-state index in [2.05, 4.69) is 0 Å². The second kappa shape index (κ2) is 4.72. The van der Waals surface area contributed by atoms with Gasteiger partial charge in [0.2, 0.25) is 0 Å². The second-order valence-corrected chi connectivity index (χ2v) is 7.79. The SMILES string of the molecule is O=C(CC(=O)OC12CCC(CC1)C2)OC12CCC(CC1)C2. The lowest BCUT2D eigenvalue weighted by Crippen LogP contribution is -2.34. The van der Waals surface area contributed by atoms with Crippen molar-refractivity contribution >= 4 is 11.9 Å². The third-order valence-corrected chi connectivity index (χ3v) is 6.30. The summed E-state index contributed by atoms with van der Waals surface area (Å²) in [5.41, 5.74) is -0.488. The molecule has 0 unspecified atom stereocenters. The van der Waals surface area contributed by atoms with Crippen LogP contribution >= 0.6 is 0 Å². The van der Waals surface area contributed by atoms with Crippen molar-refractivity contribution in [3.63, 3.8) is 0 Å². The maximum absolute atomic E-state index is 12.0. The molecule has 0 atom stereocenters. The molecule has 116 valence electrons. The largest absolute Gasteiger partial charge is 0.459 e. The zero-order chi connectivity index (χ0) is 14.5. The normalized spacial score (nSPS) is 43.2. The molecule has 0 amide bonds. The van der Waals surface area contributed by atoms with Crippen molar-refractivity contribution in [1.82, 2.24) is 0 Å². The van der Waals surface area contributed by atoms with E-state index in [1.165, 1.54) is 25.7 Å². The summed E-state index contributed by atoms with van der Waals surface area (Å²) in [6, 6.07) is 0. The Hall–Kier alpha value is -1.06. The van der Waals surface area contributed by atoms with Crippen molar-refractivity contribution in [3.05, 3.63) is 0 Å². The van der Waals surface area contributed by atoms with Gasteiger partial charge in [-0.1, -0.05) is 0 Å². The Morgan fingerprint density at radius 3 is 1.43 bits per heavy atom. The lowest BCUT2D eigenvalue weighted by atomic mass is 9.97. The molecule has 0 spiro atoms. The third kappa shape index (κ3) is 2.47. The fourth-order valence-electron chi connectivity index (χ4n) is 5.24. The Morgan fingerprint density at radius 1 is 0.762 bits per heavy atom. The Bertz CT molecular complexity index is 411. The lowest BCUT2D eigenvalue weighted by molar-refractivity contribution is -0.170. The van der Waals surface area contributed by atoms with Crippen molar-refractivity contribution < 1.29 is 19.1 Å². The van der Waals surface area contributed by atoms with E-state index < -0.39 is 0 Å². The highest BCUT2D eigenvalue weighted by atomic mass is 16.6. The summed E-state index contributed by atoms with van der Waals surface area (Å²) in [6.07, 6.45) is 10.4. The molecule has 0 saturated heterocycles. The summed E-state index contributed by atoms with van der Waals surface area (Å²) < 4.78 is 11.3. The number of hydrogen-bond acceptors (Lipinski definition) is 4. The van der Waals surface area contributed by atoms with E-state index in [0.717, 1.165) is 50.4 Å². The molecule has 0 aliphatic heterocycles. The molecular formula is C17H24O4. The van der Waals surface area contributed by atoms with Gasteiger partial charge in [-0.3, -0.25) is 9.59 Å². The molecule has 4 aliphatic carbocycles. The molecule has 0 heterocycles. The lowest BCUT2D eigenvalue weighted by Gasteiger charge is -2.28. The highest BCUT2D eigenvalue weighted by molar-refractivity contribution is 5.91. The molecule has 0 aromatic carbocycles. The summed E-state index contributed by atoms with van der Waals surface area (Å²) in [7, 11) is 0. The van der Waals surface area contributed by atoms with Crippen LogP contribution in [0.15, 0.2) is 0 Å². The number of ether oxygens (including phenoxy) is 2. The fraction of sp³-hybridized carbons (Fsp3) is 0.882. The molecule has 4 saturated carbocycles. The van der Waals surface area contributed by atoms with Crippen molar-refractivity contribution in [3.8, 4) is 0 Å². The van der Waals surface area contributed by atoms with Gasteiger partial charge in [-0.2, -0.15) is 0 Å². The smallest absolute Gasteiger partial charge is 0.317 e. The van der Waals surface area contributed by atoms with Crippen LogP contribution in [0.25, 0.3) is 0 Å². The van der Waals surface area contributed by atoms with Gasteiger partial charge in [-0.05, 0) is 76.0 Å². The first kappa shape index (κ1) is 13.6. The molecule has 4 heteroatoms. The molecule has 4 nitrogen and oxygen atoms in total. The Kier molecular flexibility index (Phi) is 3.05. The first-order valence-electron chi connectivity index (χ1n) is 8.50. The summed E-state index contributed by atoms with van der Waals surface area (Å²) in [5.74, 6) is 0.702. The van der Waals surface area contributed by atoms with Gasteiger partial charge in [0.1, 0.15) is 17.6 Å². The molecular weight excluding hydrogens is 268 g/mol. The zero-order valence-electron chi connectivity index (χ0n) is 12.6. The minimum absolute atomic E-state index is 0.209. The molecule has 0 radical (unpaired) electrons. The molecule has 4 rings (SSSR count). The van der Waals surface area contributed by atoms with Gasteiger partial charge in [0.25, 0.3) is 0 Å². The van der Waals surface area contributed by atoms with Crippen LogP contribution < -0.4 is 0 Å². The van der Waals surface area contributed by atoms with Crippen LogP contribution in [0.3, 0.4) is 0 Å². The zero-order valence-corrected chi connectivity index (χ0v) is 12.6. The highest BCUT2D eigenvalue weighted by Gasteiger charge is 2.49. The second-order valence-electron chi connectivity index (χ2n) is 7.79. The number of rotatable bonds is 4. The third-order valence-electron chi connectivity index (χ3n) is 6.30. The standard InChI is InChI=1S/C17H24O4/c18-14(20-16-5-1-12(10-16)2-6-16)9-15(19)21-17-7-3-13(11-17)4-8-17/h12-13H,1-11H2. The fourth-order valence-corrected chi connectivity index (χ4v) is 5.24. The van der Waals surface area contributed by atoms with Crippen LogP contribution in [0.4, 0.5) is 0 Å². The van der Waals surface area contributed by atoms with Crippen LogP contribution in [-0.2, 0) is 19.1 Å². The summed E-state index contributed by atoms with van der Waals surface area (Å²) in [5, 5.41) is 0. The summed E-state index contributed by atoms with van der Waals surface area (Å²) in [4.78, 5) is 24.1. The van der Waals surface area contributed by atoms with Gasteiger partial charge < -0.3 is 9.47 Å². The first-order chi connectivity index (χ1) is 10.1. The first-order valence-corrected chi connectivity index (χ1v) is 8.50. The maximum Gasteiger partial charge on any atom is 0.317 e. The van der Waals surface area contributed by atoms with Gasteiger partial charge in [0, 0.05) is 0 Å². The van der Waals surface area contributed by atoms with E-state index in [1.807, 2.05) is 0 Å².